The molecule has 0 radical (unpaired) electrons. The first-order valence-electron chi connectivity index (χ1n) is 12.7. The predicted molar refractivity (Wildman–Crippen MR) is 138 cm³/mol. The summed E-state index contributed by atoms with van der Waals surface area (Å²) in [5, 5.41) is 55.7. The quantitative estimate of drug-likeness (QED) is 0.300. The molecule has 0 saturated heterocycles. The number of aromatic hydroxyl groups is 1. The number of hydrogen-bond donors (Lipinski definition) is 6. The van der Waals surface area contributed by atoms with Gasteiger partial charge in [0.15, 0.2) is 11.4 Å². The summed E-state index contributed by atoms with van der Waals surface area (Å²) >= 11 is 0. The van der Waals surface area contributed by atoms with Gasteiger partial charge in [-0.05, 0) is 50.4 Å². The maximum atomic E-state index is 13.9. The van der Waals surface area contributed by atoms with Gasteiger partial charge in [0.2, 0.25) is 5.78 Å². The van der Waals surface area contributed by atoms with Crippen molar-refractivity contribution in [3.05, 3.63) is 51.5 Å². The molecule has 3 aliphatic rings. The lowest BCUT2D eigenvalue weighted by Crippen LogP contribution is -2.62. The Hall–Kier alpha value is -3.21. The van der Waals surface area contributed by atoms with Gasteiger partial charge in [-0.2, -0.15) is 0 Å². The Bertz CT molecular complexity index is 1290. The summed E-state index contributed by atoms with van der Waals surface area (Å²) in [6, 6.07) is 3.50. The summed E-state index contributed by atoms with van der Waals surface area (Å²) in [6.07, 6.45) is -0.477. The summed E-state index contributed by atoms with van der Waals surface area (Å²) in [5.41, 5.74) is 1.56. The van der Waals surface area contributed by atoms with Crippen molar-refractivity contribution >= 4 is 17.5 Å². The monoisotopic (exact) mass is 528 g/mol. The van der Waals surface area contributed by atoms with Crippen molar-refractivity contribution in [1.82, 2.24) is 4.90 Å². The number of aliphatic hydroxyl groups excluding tert-OH is 3. The molecule has 5 atom stereocenters. The normalized spacial score (nSPS) is 29.4. The van der Waals surface area contributed by atoms with Crippen LogP contribution in [0, 0.1) is 11.8 Å². The van der Waals surface area contributed by atoms with E-state index in [4.69, 9.17) is 5.73 Å². The van der Waals surface area contributed by atoms with Gasteiger partial charge in [0.1, 0.15) is 22.8 Å². The fourth-order valence-electron chi connectivity index (χ4n) is 6.51. The number of nitrogens with zero attached hydrogens (tertiary/aromatic N) is 1. The lowest BCUT2D eigenvalue weighted by molar-refractivity contribution is -0.154. The van der Waals surface area contributed by atoms with E-state index in [2.05, 4.69) is 4.90 Å². The molecule has 0 saturated carbocycles. The van der Waals surface area contributed by atoms with Gasteiger partial charge in [0.25, 0.3) is 5.91 Å². The lowest BCUT2D eigenvalue weighted by atomic mass is 9.56. The number of hydrogen-bond acceptors (Lipinski definition) is 9. The lowest BCUT2D eigenvalue weighted by Gasteiger charge is -2.50. The number of carbonyl (C=O) groups excluding carboxylic acids is 3. The summed E-state index contributed by atoms with van der Waals surface area (Å²) in [6.45, 7) is 6.48. The van der Waals surface area contributed by atoms with Crippen LogP contribution in [0.5, 0.6) is 5.75 Å². The first-order valence-corrected chi connectivity index (χ1v) is 12.7. The molecule has 10 heteroatoms. The molecule has 0 unspecified atom stereocenters. The van der Waals surface area contributed by atoms with E-state index in [0.29, 0.717) is 11.1 Å². The standard InChI is InChI=1S/C28H36N2O8/c1-12-13-7-8-14(27(2,3)9-6-10-30(4)5)21(32)18(13)23(34)20-17(12)22(33)15-11-16(31)19(26(29)37)24(35)28(15,38)25(20)36/h7-8,12,15,17,22,31-33,36,38H,6,9-11H2,1-5H3,(H2,29,37)/t12-,15+,17+,22+,28+/m0/s1. The summed E-state index contributed by atoms with van der Waals surface area (Å²) in [4.78, 5) is 40.9. The van der Waals surface area contributed by atoms with Gasteiger partial charge in [-0.25, -0.2) is 0 Å². The zero-order valence-corrected chi connectivity index (χ0v) is 22.3. The highest BCUT2D eigenvalue weighted by molar-refractivity contribution is 6.24. The van der Waals surface area contributed by atoms with Crippen LogP contribution in [0.2, 0.25) is 0 Å². The number of fused-ring (bicyclic) bond motifs is 3. The summed E-state index contributed by atoms with van der Waals surface area (Å²) in [5.74, 6) is -8.50. The van der Waals surface area contributed by atoms with Crippen LogP contribution in [-0.4, -0.2) is 80.3 Å². The molecule has 10 nitrogen and oxygen atoms in total. The molecule has 1 amide bonds. The second-order valence-corrected chi connectivity index (χ2v) is 11.7. The molecule has 206 valence electrons. The highest BCUT2D eigenvalue weighted by atomic mass is 16.4. The van der Waals surface area contributed by atoms with Crippen molar-refractivity contribution in [2.24, 2.45) is 17.6 Å². The zero-order chi connectivity index (χ0) is 28.5. The van der Waals surface area contributed by atoms with Gasteiger partial charge in [0.05, 0.1) is 11.7 Å². The molecule has 0 aliphatic heterocycles. The maximum absolute atomic E-state index is 13.9. The first-order chi connectivity index (χ1) is 17.6. The van der Waals surface area contributed by atoms with E-state index in [9.17, 15) is 39.9 Å². The van der Waals surface area contributed by atoms with Crippen molar-refractivity contribution in [3.63, 3.8) is 0 Å². The van der Waals surface area contributed by atoms with E-state index in [1.165, 1.54) is 0 Å². The van der Waals surface area contributed by atoms with Crippen LogP contribution in [0.4, 0.5) is 0 Å². The van der Waals surface area contributed by atoms with Crippen LogP contribution >= 0.6 is 0 Å². The van der Waals surface area contributed by atoms with E-state index < -0.39 is 81.4 Å². The van der Waals surface area contributed by atoms with Crippen LogP contribution in [0.25, 0.3) is 0 Å². The maximum Gasteiger partial charge on any atom is 0.255 e. The SMILES string of the molecule is C[C@H]1c2ccc(C(C)(C)CCCN(C)C)c(O)c2C(=O)C2=C(O)[C@]3(O)C(=O)C(C(N)=O)=C(O)C[C@@H]3[C@@H](O)[C@@H]21. The number of nitrogens with two attached hydrogens (primary N) is 1. The number of phenols is 1. The van der Waals surface area contributed by atoms with Gasteiger partial charge in [0, 0.05) is 29.4 Å². The number of benzene rings is 1. The number of rotatable bonds is 6. The molecule has 3 aliphatic carbocycles. The Morgan fingerprint density at radius 3 is 2.39 bits per heavy atom. The molecule has 1 aromatic carbocycles. The van der Waals surface area contributed by atoms with Crippen LogP contribution in [-0.2, 0) is 15.0 Å². The number of allylic oxidation sites excluding steroid dienone is 1. The second kappa shape index (κ2) is 9.21. The largest absolute Gasteiger partial charge is 0.511 e. The Morgan fingerprint density at radius 2 is 1.82 bits per heavy atom. The first kappa shape index (κ1) is 27.8. The molecular formula is C28H36N2O8. The third-order valence-electron chi connectivity index (χ3n) is 8.64. The van der Waals surface area contributed by atoms with Gasteiger partial charge >= 0.3 is 0 Å². The Kier molecular flexibility index (Phi) is 6.75. The van der Waals surface area contributed by atoms with Crippen LogP contribution in [0.15, 0.2) is 34.8 Å². The fourth-order valence-corrected chi connectivity index (χ4v) is 6.51. The van der Waals surface area contributed by atoms with Crippen molar-refractivity contribution in [1.29, 1.82) is 0 Å². The molecule has 0 heterocycles. The van der Waals surface area contributed by atoms with Gasteiger partial charge in [-0.1, -0.05) is 32.9 Å². The summed E-state index contributed by atoms with van der Waals surface area (Å²) in [7, 11) is 3.94. The molecule has 7 N–H and O–H groups in total. The number of Topliss-reactive ketones (excluding diaryl/α,β-unsaturated/α-hetero) is 2. The second-order valence-electron chi connectivity index (χ2n) is 11.7. The molecule has 0 fully saturated rings. The third-order valence-corrected chi connectivity index (χ3v) is 8.64. The van der Waals surface area contributed by atoms with E-state index in [1.54, 1.807) is 19.1 Å². The number of primary amides is 1. The van der Waals surface area contributed by atoms with Crippen molar-refractivity contribution in [2.75, 3.05) is 20.6 Å². The van der Waals surface area contributed by atoms with Crippen molar-refractivity contribution in [3.8, 4) is 5.75 Å². The number of carbonyl (C=O) groups is 3. The molecule has 0 spiro atoms. The fraction of sp³-hybridized carbons (Fsp3) is 0.536. The van der Waals surface area contributed by atoms with E-state index in [-0.39, 0.29) is 11.3 Å². The van der Waals surface area contributed by atoms with Crippen LogP contribution in [0.3, 0.4) is 0 Å². The minimum absolute atomic E-state index is 0.0560. The number of amides is 1. The predicted octanol–water partition coefficient (Wildman–Crippen LogP) is 1.73. The van der Waals surface area contributed by atoms with Gasteiger partial charge in [-0.15, -0.1) is 0 Å². The van der Waals surface area contributed by atoms with Crippen LogP contribution < -0.4 is 5.73 Å². The minimum Gasteiger partial charge on any atom is -0.511 e. The van der Waals surface area contributed by atoms with Crippen LogP contribution in [0.1, 0.15) is 67.4 Å². The van der Waals surface area contributed by atoms with Crippen molar-refractivity contribution in [2.45, 2.75) is 63.1 Å². The van der Waals surface area contributed by atoms with Gasteiger partial charge < -0.3 is 36.2 Å². The van der Waals surface area contributed by atoms with E-state index in [0.717, 1.165) is 19.4 Å². The number of aliphatic hydroxyl groups is 4. The summed E-state index contributed by atoms with van der Waals surface area (Å²) < 4.78 is 0. The Labute approximate surface area is 221 Å². The highest BCUT2D eigenvalue weighted by Crippen LogP contribution is 2.55. The third kappa shape index (κ3) is 3.85. The number of ketones is 2. The van der Waals surface area contributed by atoms with E-state index in [1.807, 2.05) is 27.9 Å². The number of phenolic OH excluding ortho intramolecular Hbond substituents is 1. The Morgan fingerprint density at radius 1 is 1.18 bits per heavy atom. The molecule has 0 aromatic heterocycles. The topological polar surface area (TPSA) is 182 Å². The van der Waals surface area contributed by atoms with Crippen molar-refractivity contribution < 1.29 is 39.9 Å². The van der Waals surface area contributed by atoms with E-state index >= 15 is 0 Å². The minimum atomic E-state index is -2.84. The highest BCUT2D eigenvalue weighted by Gasteiger charge is 2.64. The molecule has 1 aromatic rings. The smallest absolute Gasteiger partial charge is 0.255 e. The average molecular weight is 529 g/mol. The zero-order valence-electron chi connectivity index (χ0n) is 22.3. The average Bonchev–Trinajstić information content (AvgIpc) is 2.81. The molecule has 4 rings (SSSR count). The molecule has 38 heavy (non-hydrogen) atoms. The molecular weight excluding hydrogens is 492 g/mol. The Balaban J connectivity index is 1.87. The van der Waals surface area contributed by atoms with Gasteiger partial charge in [-0.3, -0.25) is 14.4 Å². The molecule has 0 bridgehead atoms.